The summed E-state index contributed by atoms with van der Waals surface area (Å²) in [5, 5.41) is 23.7. The summed E-state index contributed by atoms with van der Waals surface area (Å²) in [4.78, 5) is 35.8. The third-order valence-electron chi connectivity index (χ3n) is 3.05. The van der Waals surface area contributed by atoms with Gasteiger partial charge in [-0.2, -0.15) is 0 Å². The summed E-state index contributed by atoms with van der Waals surface area (Å²) in [5.74, 6) is -0.253. The number of carbonyl (C=O) groups is 1. The van der Waals surface area contributed by atoms with Crippen LogP contribution in [0.3, 0.4) is 0 Å². The van der Waals surface area contributed by atoms with Crippen molar-refractivity contribution in [3.05, 3.63) is 74.0 Å². The van der Waals surface area contributed by atoms with Crippen LogP contribution in [0.5, 0.6) is 0 Å². The molecule has 0 saturated heterocycles. The van der Waals surface area contributed by atoms with Crippen molar-refractivity contribution in [3.8, 4) is 0 Å². The first kappa shape index (κ1) is 16.7. The summed E-state index contributed by atoms with van der Waals surface area (Å²) in [6.07, 6.45) is 3.78. The average Bonchev–Trinajstić information content (AvgIpc) is 2.55. The molecule has 0 unspecified atom stereocenters. The molecule has 1 amide bonds. The number of rotatable bonds is 5. The molecule has 0 aliphatic rings. The van der Waals surface area contributed by atoms with Crippen LogP contribution in [0, 0.1) is 27.2 Å². The maximum Gasteiger partial charge on any atom is 0.287 e. The SMILES string of the molecule is Cc1cc([N+](=O)[O-])cnc1NC(=O)/C=C/c1ccc([N+](=O)[O-])cc1. The van der Waals surface area contributed by atoms with Gasteiger partial charge < -0.3 is 5.32 Å². The molecule has 0 aliphatic heterocycles. The van der Waals surface area contributed by atoms with E-state index in [0.29, 0.717) is 11.1 Å². The number of aromatic nitrogens is 1. The van der Waals surface area contributed by atoms with Crippen molar-refractivity contribution in [2.24, 2.45) is 0 Å². The van der Waals surface area contributed by atoms with Crippen LogP contribution in [0.15, 0.2) is 42.6 Å². The zero-order valence-corrected chi connectivity index (χ0v) is 12.5. The third kappa shape index (κ3) is 4.19. The molecule has 0 saturated carbocycles. The first-order valence-corrected chi connectivity index (χ1v) is 6.71. The number of aryl methyl sites for hydroxylation is 1. The molecule has 1 N–H and O–H groups in total. The largest absolute Gasteiger partial charge is 0.307 e. The van der Waals surface area contributed by atoms with Crippen molar-refractivity contribution in [3.63, 3.8) is 0 Å². The van der Waals surface area contributed by atoms with Gasteiger partial charge in [0, 0.05) is 24.3 Å². The molecule has 0 radical (unpaired) electrons. The molecular formula is C15H12N4O5. The monoisotopic (exact) mass is 328 g/mol. The highest BCUT2D eigenvalue weighted by molar-refractivity contribution is 6.01. The first-order chi connectivity index (χ1) is 11.4. The van der Waals surface area contributed by atoms with Crippen molar-refractivity contribution in [1.82, 2.24) is 4.98 Å². The molecule has 1 aromatic carbocycles. The number of anilines is 1. The van der Waals surface area contributed by atoms with Crippen LogP contribution in [0.2, 0.25) is 0 Å². The molecule has 0 atom stereocenters. The molecule has 0 spiro atoms. The van der Waals surface area contributed by atoms with Gasteiger partial charge in [0.25, 0.3) is 11.4 Å². The number of nitro benzene ring substituents is 1. The number of nitrogens with one attached hydrogen (secondary N) is 1. The van der Waals surface area contributed by atoms with Crippen molar-refractivity contribution < 1.29 is 14.6 Å². The lowest BCUT2D eigenvalue weighted by Crippen LogP contribution is -2.10. The average molecular weight is 328 g/mol. The van der Waals surface area contributed by atoms with E-state index in [2.05, 4.69) is 10.3 Å². The predicted octanol–water partition coefficient (Wildman–Crippen LogP) is 2.86. The molecular weight excluding hydrogens is 316 g/mol. The van der Waals surface area contributed by atoms with Crippen molar-refractivity contribution >= 4 is 29.2 Å². The van der Waals surface area contributed by atoms with Gasteiger partial charge in [-0.25, -0.2) is 4.98 Å². The van der Waals surface area contributed by atoms with Gasteiger partial charge in [-0.05, 0) is 36.3 Å². The summed E-state index contributed by atoms with van der Waals surface area (Å²) in [7, 11) is 0. The number of carbonyl (C=O) groups excluding carboxylic acids is 1. The fraction of sp³-hybridized carbons (Fsp3) is 0.0667. The van der Waals surface area contributed by atoms with Gasteiger partial charge in [0.1, 0.15) is 12.0 Å². The van der Waals surface area contributed by atoms with Gasteiger partial charge in [0.05, 0.1) is 9.85 Å². The highest BCUT2D eigenvalue weighted by Gasteiger charge is 2.10. The Morgan fingerprint density at radius 3 is 2.29 bits per heavy atom. The van der Waals surface area contributed by atoms with E-state index in [4.69, 9.17) is 0 Å². The van der Waals surface area contributed by atoms with Gasteiger partial charge in [0.2, 0.25) is 5.91 Å². The lowest BCUT2D eigenvalue weighted by atomic mass is 10.2. The van der Waals surface area contributed by atoms with E-state index in [0.717, 1.165) is 6.20 Å². The lowest BCUT2D eigenvalue weighted by molar-refractivity contribution is -0.385. The number of hydrogen-bond donors (Lipinski definition) is 1. The normalized spacial score (nSPS) is 10.5. The van der Waals surface area contributed by atoms with Crippen LogP contribution in [0.1, 0.15) is 11.1 Å². The van der Waals surface area contributed by atoms with E-state index in [9.17, 15) is 25.0 Å². The van der Waals surface area contributed by atoms with Crippen molar-refractivity contribution in [2.45, 2.75) is 6.92 Å². The van der Waals surface area contributed by atoms with Crippen molar-refractivity contribution in [1.29, 1.82) is 0 Å². The first-order valence-electron chi connectivity index (χ1n) is 6.71. The summed E-state index contributed by atoms with van der Waals surface area (Å²) in [5.41, 5.74) is 0.875. The second-order valence-corrected chi connectivity index (χ2v) is 4.79. The van der Waals surface area contributed by atoms with E-state index in [-0.39, 0.29) is 17.2 Å². The molecule has 9 nitrogen and oxygen atoms in total. The maximum absolute atomic E-state index is 11.9. The molecule has 1 aromatic heterocycles. The van der Waals surface area contributed by atoms with Crippen LogP contribution >= 0.6 is 0 Å². The number of pyridine rings is 1. The Bertz CT molecular complexity index is 830. The fourth-order valence-electron chi connectivity index (χ4n) is 1.83. The van der Waals surface area contributed by atoms with Crippen LogP contribution in [0.4, 0.5) is 17.2 Å². The molecule has 122 valence electrons. The minimum Gasteiger partial charge on any atom is -0.307 e. The van der Waals surface area contributed by atoms with E-state index in [1.54, 1.807) is 6.92 Å². The molecule has 1 heterocycles. The van der Waals surface area contributed by atoms with E-state index in [1.807, 2.05) is 0 Å². The number of non-ortho nitro benzene ring substituents is 1. The Morgan fingerprint density at radius 1 is 1.12 bits per heavy atom. The van der Waals surface area contributed by atoms with Gasteiger partial charge >= 0.3 is 0 Å². The van der Waals surface area contributed by atoms with Gasteiger partial charge in [0.15, 0.2) is 0 Å². The quantitative estimate of drug-likeness (QED) is 0.510. The lowest BCUT2D eigenvalue weighted by Gasteiger charge is -2.04. The molecule has 2 rings (SSSR count). The summed E-state index contributed by atoms with van der Waals surface area (Å²) in [6, 6.07) is 7.00. The second kappa shape index (κ2) is 7.09. The summed E-state index contributed by atoms with van der Waals surface area (Å²) >= 11 is 0. The molecule has 0 fully saturated rings. The maximum atomic E-state index is 11.9. The zero-order valence-electron chi connectivity index (χ0n) is 12.5. The van der Waals surface area contributed by atoms with Crippen LogP contribution < -0.4 is 5.32 Å². The van der Waals surface area contributed by atoms with E-state index in [1.165, 1.54) is 42.5 Å². The van der Waals surface area contributed by atoms with Crippen LogP contribution in [-0.4, -0.2) is 20.7 Å². The van der Waals surface area contributed by atoms with Gasteiger partial charge in [-0.15, -0.1) is 0 Å². The fourth-order valence-corrected chi connectivity index (χ4v) is 1.83. The number of nitrogens with zero attached hydrogens (tertiary/aromatic N) is 3. The summed E-state index contributed by atoms with van der Waals surface area (Å²) < 4.78 is 0. The van der Waals surface area contributed by atoms with E-state index < -0.39 is 15.8 Å². The minimum absolute atomic E-state index is 0.0395. The standard InChI is InChI=1S/C15H12N4O5/c1-10-8-13(19(23)24)9-16-15(10)17-14(20)7-4-11-2-5-12(6-3-11)18(21)22/h2-9H,1H3,(H,16,17,20)/b7-4+. The highest BCUT2D eigenvalue weighted by Crippen LogP contribution is 2.18. The Labute approximate surface area is 135 Å². The molecule has 24 heavy (non-hydrogen) atoms. The predicted molar refractivity (Wildman–Crippen MR) is 86.4 cm³/mol. The van der Waals surface area contributed by atoms with Gasteiger partial charge in [-0.3, -0.25) is 25.0 Å². The van der Waals surface area contributed by atoms with Crippen molar-refractivity contribution in [2.75, 3.05) is 5.32 Å². The zero-order chi connectivity index (χ0) is 17.7. The molecule has 0 aliphatic carbocycles. The third-order valence-corrected chi connectivity index (χ3v) is 3.05. The Hall–Kier alpha value is -3.62. The highest BCUT2D eigenvalue weighted by atomic mass is 16.6. The number of hydrogen-bond acceptors (Lipinski definition) is 6. The Morgan fingerprint density at radius 2 is 1.75 bits per heavy atom. The number of benzene rings is 1. The van der Waals surface area contributed by atoms with Crippen LogP contribution in [0.25, 0.3) is 6.08 Å². The molecule has 9 heteroatoms. The molecule has 2 aromatic rings. The smallest absolute Gasteiger partial charge is 0.287 e. The Kier molecular flexibility index (Phi) is 4.95. The Balaban J connectivity index is 2.05. The molecule has 0 bridgehead atoms. The topological polar surface area (TPSA) is 128 Å². The number of amides is 1. The van der Waals surface area contributed by atoms with Crippen LogP contribution in [-0.2, 0) is 4.79 Å². The number of nitro groups is 2. The summed E-state index contributed by atoms with van der Waals surface area (Å²) in [6.45, 7) is 1.59. The van der Waals surface area contributed by atoms with E-state index >= 15 is 0 Å². The minimum atomic E-state index is -0.569. The van der Waals surface area contributed by atoms with Gasteiger partial charge in [-0.1, -0.05) is 0 Å². The second-order valence-electron chi connectivity index (χ2n) is 4.79.